The van der Waals surface area contributed by atoms with Gasteiger partial charge in [-0.15, -0.1) is 0 Å². The van der Waals surface area contributed by atoms with Gasteiger partial charge in [-0.1, -0.05) is 41.4 Å². The SMILES string of the molecule is Cc1ccc(S(=O)(=O)C2=C(O)C(=O)N(Cc3ccco3)[C@@H]2c2ccc(Cl)cc2)cc1. The van der Waals surface area contributed by atoms with Crippen LogP contribution in [0.5, 0.6) is 0 Å². The Morgan fingerprint density at radius 2 is 1.73 bits per heavy atom. The highest BCUT2D eigenvalue weighted by Gasteiger charge is 2.47. The molecule has 2 heterocycles. The molecule has 2 aromatic carbocycles. The number of carbonyl (C=O) groups is 1. The summed E-state index contributed by atoms with van der Waals surface area (Å²) in [5, 5.41) is 11.1. The van der Waals surface area contributed by atoms with Crippen molar-refractivity contribution in [3.05, 3.63) is 99.5 Å². The summed E-state index contributed by atoms with van der Waals surface area (Å²) in [6.45, 7) is 1.84. The molecule has 0 unspecified atom stereocenters. The van der Waals surface area contributed by atoms with Gasteiger partial charge in [0.1, 0.15) is 10.7 Å². The van der Waals surface area contributed by atoms with Gasteiger partial charge in [0, 0.05) is 5.02 Å². The van der Waals surface area contributed by atoms with Gasteiger partial charge in [0.25, 0.3) is 5.91 Å². The number of amides is 1. The number of sulfone groups is 1. The van der Waals surface area contributed by atoms with E-state index in [4.69, 9.17) is 16.0 Å². The molecule has 0 bridgehead atoms. The molecule has 8 heteroatoms. The first-order valence-electron chi connectivity index (χ1n) is 9.13. The summed E-state index contributed by atoms with van der Waals surface area (Å²) in [7, 11) is -4.15. The van der Waals surface area contributed by atoms with Crippen molar-refractivity contribution < 1.29 is 22.7 Å². The first-order chi connectivity index (χ1) is 14.3. The average molecular weight is 444 g/mol. The first-order valence-corrected chi connectivity index (χ1v) is 11.0. The molecular weight excluding hydrogens is 426 g/mol. The minimum absolute atomic E-state index is 0.00117. The Bertz CT molecular complexity index is 1210. The van der Waals surface area contributed by atoms with Crippen LogP contribution >= 0.6 is 11.6 Å². The molecule has 1 aromatic heterocycles. The maximum absolute atomic E-state index is 13.5. The fourth-order valence-corrected chi connectivity index (χ4v) is 5.23. The standard InChI is InChI=1S/C22H18ClNO5S/c1-14-4-10-18(11-5-14)30(27,28)21-19(15-6-8-16(23)9-7-15)24(22(26)20(21)25)13-17-3-2-12-29-17/h2-12,19,25H,13H2,1H3/t19-/m1/s1. The van der Waals surface area contributed by atoms with Crippen molar-refractivity contribution in [2.45, 2.75) is 24.4 Å². The predicted molar refractivity (Wildman–Crippen MR) is 111 cm³/mol. The quantitative estimate of drug-likeness (QED) is 0.624. The summed E-state index contributed by atoms with van der Waals surface area (Å²) in [6.07, 6.45) is 1.46. The largest absolute Gasteiger partial charge is 0.502 e. The van der Waals surface area contributed by atoms with Gasteiger partial charge in [-0.05, 0) is 48.9 Å². The molecule has 4 rings (SSSR count). The normalized spacial score (nSPS) is 17.1. The number of aryl methyl sites for hydroxylation is 1. The lowest BCUT2D eigenvalue weighted by atomic mass is 10.1. The zero-order chi connectivity index (χ0) is 21.5. The van der Waals surface area contributed by atoms with Crippen molar-refractivity contribution in [3.8, 4) is 0 Å². The lowest BCUT2D eigenvalue weighted by molar-refractivity contribution is -0.130. The second-order valence-electron chi connectivity index (χ2n) is 7.00. The van der Waals surface area contributed by atoms with Crippen molar-refractivity contribution in [1.82, 2.24) is 4.90 Å². The van der Waals surface area contributed by atoms with Crippen LogP contribution in [0.25, 0.3) is 0 Å². The Labute approximate surface area is 178 Å². The van der Waals surface area contributed by atoms with E-state index in [1.54, 1.807) is 48.5 Å². The van der Waals surface area contributed by atoms with Crippen LogP contribution in [0.1, 0.15) is 22.9 Å². The molecule has 0 aliphatic carbocycles. The van der Waals surface area contributed by atoms with Gasteiger partial charge in [-0.3, -0.25) is 4.79 Å². The topological polar surface area (TPSA) is 87.8 Å². The van der Waals surface area contributed by atoms with E-state index >= 15 is 0 Å². The van der Waals surface area contributed by atoms with E-state index in [0.29, 0.717) is 16.3 Å². The van der Waals surface area contributed by atoms with Crippen LogP contribution in [0.3, 0.4) is 0 Å². The van der Waals surface area contributed by atoms with Crippen molar-refractivity contribution in [2.75, 3.05) is 0 Å². The number of halogens is 1. The lowest BCUT2D eigenvalue weighted by Gasteiger charge is -2.26. The maximum atomic E-state index is 13.5. The number of aliphatic hydroxyl groups excluding tert-OH is 1. The summed E-state index contributed by atoms with van der Waals surface area (Å²) in [5.74, 6) is -1.11. The van der Waals surface area contributed by atoms with Gasteiger partial charge in [-0.2, -0.15) is 0 Å². The Hall–Kier alpha value is -3.03. The van der Waals surface area contributed by atoms with Gasteiger partial charge in [0.05, 0.1) is 23.7 Å². The third-order valence-corrected chi connectivity index (χ3v) is 7.11. The Kier molecular flexibility index (Phi) is 5.17. The van der Waals surface area contributed by atoms with Crippen molar-refractivity contribution >= 4 is 27.3 Å². The summed E-state index contributed by atoms with van der Waals surface area (Å²) < 4.78 is 32.2. The predicted octanol–water partition coefficient (Wildman–Crippen LogP) is 4.57. The van der Waals surface area contributed by atoms with E-state index in [0.717, 1.165) is 5.56 Å². The van der Waals surface area contributed by atoms with Gasteiger partial charge < -0.3 is 14.4 Å². The number of carbonyl (C=O) groups excluding carboxylic acids is 1. The molecule has 154 valence electrons. The fourth-order valence-electron chi connectivity index (χ4n) is 3.46. The highest BCUT2D eigenvalue weighted by atomic mass is 35.5. The van der Waals surface area contributed by atoms with E-state index < -0.39 is 27.5 Å². The van der Waals surface area contributed by atoms with Crippen LogP contribution in [0.4, 0.5) is 0 Å². The van der Waals surface area contributed by atoms with E-state index in [2.05, 4.69) is 0 Å². The monoisotopic (exact) mass is 443 g/mol. The summed E-state index contributed by atoms with van der Waals surface area (Å²) in [6, 6.07) is 15.1. The number of nitrogens with zero attached hydrogens (tertiary/aromatic N) is 1. The molecule has 1 amide bonds. The highest BCUT2D eigenvalue weighted by Crippen LogP contribution is 2.43. The smallest absolute Gasteiger partial charge is 0.291 e. The van der Waals surface area contributed by atoms with Crippen molar-refractivity contribution in [1.29, 1.82) is 0 Å². The number of hydrogen-bond acceptors (Lipinski definition) is 5. The van der Waals surface area contributed by atoms with Crippen LogP contribution in [0.2, 0.25) is 5.02 Å². The molecule has 1 aliphatic rings. The van der Waals surface area contributed by atoms with Crippen LogP contribution < -0.4 is 0 Å². The van der Waals surface area contributed by atoms with E-state index in [-0.39, 0.29) is 16.3 Å². The third-order valence-electron chi connectivity index (χ3n) is 4.97. The molecule has 0 saturated carbocycles. The van der Waals surface area contributed by atoms with Crippen LogP contribution in [0, 0.1) is 6.92 Å². The third kappa shape index (κ3) is 3.51. The summed E-state index contributed by atoms with van der Waals surface area (Å²) in [4.78, 5) is 13.8. The minimum Gasteiger partial charge on any atom is -0.502 e. The van der Waals surface area contributed by atoms with Crippen LogP contribution in [-0.4, -0.2) is 24.3 Å². The summed E-state index contributed by atoms with van der Waals surface area (Å²) in [5.41, 5.74) is 1.40. The van der Waals surface area contributed by atoms with Gasteiger partial charge in [0.2, 0.25) is 9.84 Å². The van der Waals surface area contributed by atoms with Crippen molar-refractivity contribution in [3.63, 3.8) is 0 Å². The fraction of sp³-hybridized carbons (Fsp3) is 0.136. The number of rotatable bonds is 5. The molecule has 0 radical (unpaired) electrons. The Balaban J connectivity index is 1.86. The zero-order valence-electron chi connectivity index (χ0n) is 15.9. The van der Waals surface area contributed by atoms with E-state index in [9.17, 15) is 18.3 Å². The molecule has 3 aromatic rings. The van der Waals surface area contributed by atoms with E-state index in [1.165, 1.54) is 23.3 Å². The molecule has 1 N–H and O–H groups in total. The van der Waals surface area contributed by atoms with Crippen molar-refractivity contribution in [2.24, 2.45) is 0 Å². The molecule has 0 fully saturated rings. The number of benzene rings is 2. The number of furan rings is 1. The Morgan fingerprint density at radius 3 is 2.33 bits per heavy atom. The molecule has 0 saturated heterocycles. The number of aliphatic hydroxyl groups is 1. The molecule has 1 aliphatic heterocycles. The Morgan fingerprint density at radius 1 is 1.07 bits per heavy atom. The van der Waals surface area contributed by atoms with Crippen LogP contribution in [0.15, 0.2) is 86.9 Å². The molecule has 1 atom stereocenters. The lowest BCUT2D eigenvalue weighted by Crippen LogP contribution is -2.30. The first kappa shape index (κ1) is 20.3. The summed E-state index contributed by atoms with van der Waals surface area (Å²) >= 11 is 5.99. The molecule has 0 spiro atoms. The van der Waals surface area contributed by atoms with Gasteiger partial charge in [-0.25, -0.2) is 8.42 Å². The number of hydrogen-bond donors (Lipinski definition) is 1. The van der Waals surface area contributed by atoms with Crippen LogP contribution in [-0.2, 0) is 21.2 Å². The zero-order valence-corrected chi connectivity index (χ0v) is 17.5. The average Bonchev–Trinajstić information content (AvgIpc) is 3.31. The second-order valence-corrected chi connectivity index (χ2v) is 9.35. The minimum atomic E-state index is -4.15. The molecule has 30 heavy (non-hydrogen) atoms. The second kappa shape index (κ2) is 7.66. The molecular formula is C22H18ClNO5S. The molecule has 6 nitrogen and oxygen atoms in total. The van der Waals surface area contributed by atoms with E-state index in [1.807, 2.05) is 6.92 Å². The van der Waals surface area contributed by atoms with Gasteiger partial charge in [0.15, 0.2) is 5.76 Å². The maximum Gasteiger partial charge on any atom is 0.291 e. The van der Waals surface area contributed by atoms with Gasteiger partial charge >= 0.3 is 0 Å². The highest BCUT2D eigenvalue weighted by molar-refractivity contribution is 7.95.